The van der Waals surface area contributed by atoms with Gasteiger partial charge in [-0.2, -0.15) is 0 Å². The van der Waals surface area contributed by atoms with Crippen molar-refractivity contribution >= 4 is 29.9 Å². The number of carbonyl (C=O) groups is 2. The smallest absolute Gasteiger partial charge is 0.260 e. The number of carbonyl (C=O) groups excluding carboxylic acids is 2. The molecule has 2 amide bonds. The maximum atomic E-state index is 12.4. The van der Waals surface area contributed by atoms with E-state index in [2.05, 4.69) is 0 Å². The number of ether oxygens (including phenoxy) is 1. The Morgan fingerprint density at radius 1 is 1.27 bits per heavy atom. The van der Waals surface area contributed by atoms with E-state index < -0.39 is 0 Å². The highest BCUT2D eigenvalue weighted by molar-refractivity contribution is 5.95. The van der Waals surface area contributed by atoms with Crippen LogP contribution in [-0.4, -0.2) is 49.0 Å². The molecule has 0 saturated carbocycles. The molecule has 2 aliphatic heterocycles. The monoisotopic (exact) mass is 381 g/mol. The average Bonchev–Trinajstić information content (AvgIpc) is 3.06. The molecule has 2 unspecified atom stereocenters. The van der Waals surface area contributed by atoms with Gasteiger partial charge in [0.1, 0.15) is 5.75 Å². The lowest BCUT2D eigenvalue weighted by Crippen LogP contribution is -2.46. The Bertz CT molecular complexity index is 621. The zero-order chi connectivity index (χ0) is 17.8. The van der Waals surface area contributed by atoms with Gasteiger partial charge in [-0.1, -0.05) is 0 Å². The van der Waals surface area contributed by atoms with Gasteiger partial charge < -0.3 is 20.3 Å². The molecule has 0 spiro atoms. The molecular weight excluding hydrogens is 354 g/mol. The van der Waals surface area contributed by atoms with Crippen LogP contribution in [0.3, 0.4) is 0 Å². The van der Waals surface area contributed by atoms with Crippen molar-refractivity contribution in [1.29, 1.82) is 0 Å². The number of nitrogens with two attached hydrogens (primary N) is 1. The normalized spacial score (nSPS) is 21.3. The van der Waals surface area contributed by atoms with Crippen LogP contribution in [0.1, 0.15) is 32.6 Å². The van der Waals surface area contributed by atoms with Gasteiger partial charge in [0, 0.05) is 37.8 Å². The summed E-state index contributed by atoms with van der Waals surface area (Å²) < 4.78 is 5.64. The first-order valence-electron chi connectivity index (χ1n) is 9.11. The van der Waals surface area contributed by atoms with Crippen LogP contribution in [-0.2, 0) is 9.59 Å². The van der Waals surface area contributed by atoms with E-state index in [9.17, 15) is 9.59 Å². The number of piperidine rings is 1. The third-order valence-corrected chi connectivity index (χ3v) is 5.14. The summed E-state index contributed by atoms with van der Waals surface area (Å²) in [6, 6.07) is 7.48. The molecule has 0 bridgehead atoms. The molecule has 0 radical (unpaired) electrons. The van der Waals surface area contributed by atoms with Gasteiger partial charge in [-0.05, 0) is 56.4 Å². The van der Waals surface area contributed by atoms with Gasteiger partial charge in [0.2, 0.25) is 5.91 Å². The lowest BCUT2D eigenvalue weighted by Gasteiger charge is -2.34. The molecule has 0 aromatic heterocycles. The summed E-state index contributed by atoms with van der Waals surface area (Å²) in [5.41, 5.74) is 6.86. The van der Waals surface area contributed by atoms with Crippen LogP contribution in [0.4, 0.5) is 5.69 Å². The van der Waals surface area contributed by atoms with Crippen molar-refractivity contribution in [3.05, 3.63) is 24.3 Å². The highest BCUT2D eigenvalue weighted by Gasteiger charge is 2.26. The Labute approximate surface area is 161 Å². The van der Waals surface area contributed by atoms with E-state index >= 15 is 0 Å². The summed E-state index contributed by atoms with van der Waals surface area (Å²) in [6.45, 7) is 4.31. The van der Waals surface area contributed by atoms with E-state index in [0.717, 1.165) is 44.6 Å². The van der Waals surface area contributed by atoms with Gasteiger partial charge in [-0.3, -0.25) is 9.59 Å². The summed E-state index contributed by atoms with van der Waals surface area (Å²) in [4.78, 5) is 27.8. The van der Waals surface area contributed by atoms with Crippen LogP contribution in [0.5, 0.6) is 5.75 Å². The molecule has 3 rings (SSSR count). The van der Waals surface area contributed by atoms with Crippen LogP contribution in [0.2, 0.25) is 0 Å². The highest BCUT2D eigenvalue weighted by Crippen LogP contribution is 2.24. The third kappa shape index (κ3) is 4.89. The van der Waals surface area contributed by atoms with Crippen molar-refractivity contribution in [2.45, 2.75) is 38.6 Å². The first-order valence-corrected chi connectivity index (χ1v) is 9.11. The standard InChI is InChI=1S/C19H27N3O3.ClH/c1-14(20)15-4-2-10-21(12-15)19(24)13-25-17-8-6-16(7-9-17)22-11-3-5-18(22)23;/h6-9,14-15H,2-5,10-13,20H2,1H3;1H. The third-order valence-electron chi connectivity index (χ3n) is 5.14. The minimum atomic E-state index is 0. The molecule has 2 fully saturated rings. The number of anilines is 1. The number of rotatable bonds is 5. The maximum Gasteiger partial charge on any atom is 0.260 e. The Morgan fingerprint density at radius 3 is 2.62 bits per heavy atom. The van der Waals surface area contributed by atoms with Crippen LogP contribution >= 0.6 is 12.4 Å². The van der Waals surface area contributed by atoms with Crippen LogP contribution in [0.15, 0.2) is 24.3 Å². The predicted octanol–water partition coefficient (Wildman–Crippen LogP) is 2.20. The van der Waals surface area contributed by atoms with E-state index in [-0.39, 0.29) is 36.9 Å². The second-order valence-corrected chi connectivity index (χ2v) is 7.03. The Morgan fingerprint density at radius 2 is 2.00 bits per heavy atom. The van der Waals surface area contributed by atoms with Gasteiger partial charge >= 0.3 is 0 Å². The summed E-state index contributed by atoms with van der Waals surface area (Å²) in [7, 11) is 0. The molecule has 2 atom stereocenters. The molecule has 7 heteroatoms. The molecule has 1 aromatic rings. The van der Waals surface area contributed by atoms with E-state index in [1.807, 2.05) is 36.1 Å². The number of hydrogen-bond donors (Lipinski definition) is 1. The Balaban J connectivity index is 0.00000243. The average molecular weight is 382 g/mol. The minimum Gasteiger partial charge on any atom is -0.484 e. The molecule has 1 aromatic carbocycles. The van der Waals surface area contributed by atoms with Crippen LogP contribution in [0, 0.1) is 5.92 Å². The van der Waals surface area contributed by atoms with Crippen molar-refractivity contribution in [2.24, 2.45) is 11.7 Å². The maximum absolute atomic E-state index is 12.4. The number of likely N-dealkylation sites (tertiary alicyclic amines) is 1. The fourth-order valence-corrected chi connectivity index (χ4v) is 3.55. The number of hydrogen-bond acceptors (Lipinski definition) is 4. The number of benzene rings is 1. The van der Waals surface area contributed by atoms with E-state index in [4.69, 9.17) is 10.5 Å². The van der Waals surface area contributed by atoms with Crippen LogP contribution < -0.4 is 15.4 Å². The van der Waals surface area contributed by atoms with Gasteiger partial charge in [0.25, 0.3) is 5.91 Å². The summed E-state index contributed by atoms with van der Waals surface area (Å²) in [6.07, 6.45) is 3.60. The molecule has 0 aliphatic carbocycles. The minimum absolute atomic E-state index is 0. The second-order valence-electron chi connectivity index (χ2n) is 7.03. The Hall–Kier alpha value is -1.79. The summed E-state index contributed by atoms with van der Waals surface area (Å²) in [5.74, 6) is 1.18. The van der Waals surface area contributed by atoms with Gasteiger partial charge in [-0.25, -0.2) is 0 Å². The molecule has 2 aliphatic rings. The predicted molar refractivity (Wildman–Crippen MR) is 104 cm³/mol. The molecular formula is C19H28ClN3O3. The second kappa shape index (κ2) is 9.24. The van der Waals surface area contributed by atoms with E-state index in [1.54, 1.807) is 4.90 Å². The molecule has 26 heavy (non-hydrogen) atoms. The largest absolute Gasteiger partial charge is 0.484 e. The lowest BCUT2D eigenvalue weighted by atomic mass is 9.92. The Kier molecular flexibility index (Phi) is 7.29. The zero-order valence-electron chi connectivity index (χ0n) is 15.2. The number of nitrogens with zero attached hydrogens (tertiary/aromatic N) is 2. The zero-order valence-corrected chi connectivity index (χ0v) is 16.0. The summed E-state index contributed by atoms with van der Waals surface area (Å²) in [5, 5.41) is 0. The SMILES string of the molecule is CC(N)C1CCCN(C(=O)COc2ccc(N3CCCC3=O)cc2)C1.Cl. The van der Waals surface area contributed by atoms with E-state index in [0.29, 0.717) is 18.1 Å². The summed E-state index contributed by atoms with van der Waals surface area (Å²) >= 11 is 0. The number of halogens is 1. The van der Waals surface area contributed by atoms with Gasteiger partial charge in [-0.15, -0.1) is 12.4 Å². The van der Waals surface area contributed by atoms with Gasteiger partial charge in [0.15, 0.2) is 6.61 Å². The van der Waals surface area contributed by atoms with Crippen molar-refractivity contribution < 1.29 is 14.3 Å². The molecule has 2 heterocycles. The number of amides is 2. The molecule has 144 valence electrons. The molecule has 6 nitrogen and oxygen atoms in total. The molecule has 2 N–H and O–H groups in total. The fourth-order valence-electron chi connectivity index (χ4n) is 3.55. The highest BCUT2D eigenvalue weighted by atomic mass is 35.5. The van der Waals surface area contributed by atoms with Crippen LogP contribution in [0.25, 0.3) is 0 Å². The van der Waals surface area contributed by atoms with Crippen molar-refractivity contribution in [3.8, 4) is 5.75 Å². The molecule has 2 saturated heterocycles. The van der Waals surface area contributed by atoms with Crippen molar-refractivity contribution in [1.82, 2.24) is 4.90 Å². The first-order chi connectivity index (χ1) is 12.0. The van der Waals surface area contributed by atoms with Crippen molar-refractivity contribution in [3.63, 3.8) is 0 Å². The topological polar surface area (TPSA) is 75.9 Å². The fraction of sp³-hybridized carbons (Fsp3) is 0.579. The first kappa shape index (κ1) is 20.5. The van der Waals surface area contributed by atoms with Crippen molar-refractivity contribution in [2.75, 3.05) is 31.1 Å². The lowest BCUT2D eigenvalue weighted by molar-refractivity contribution is -0.135. The quantitative estimate of drug-likeness (QED) is 0.848. The van der Waals surface area contributed by atoms with E-state index in [1.165, 1.54) is 0 Å². The van der Waals surface area contributed by atoms with Gasteiger partial charge in [0.05, 0.1) is 0 Å².